The minimum atomic E-state index is -0.189. The van der Waals surface area contributed by atoms with E-state index in [1.54, 1.807) is 43.8 Å². The predicted octanol–water partition coefficient (Wildman–Crippen LogP) is 1.78. The molecule has 1 aromatic carbocycles. The molecule has 2 amide bonds. The van der Waals surface area contributed by atoms with E-state index in [4.69, 9.17) is 4.74 Å². The minimum absolute atomic E-state index is 0.159. The van der Waals surface area contributed by atoms with Gasteiger partial charge in [0.25, 0.3) is 11.8 Å². The van der Waals surface area contributed by atoms with Crippen LogP contribution < -0.4 is 10.6 Å². The third kappa shape index (κ3) is 5.48. The normalized spacial score (nSPS) is 10.2. The Hall–Kier alpha value is -2.73. The van der Waals surface area contributed by atoms with Crippen molar-refractivity contribution in [1.29, 1.82) is 0 Å². The van der Waals surface area contributed by atoms with E-state index in [0.29, 0.717) is 30.8 Å². The fourth-order valence-electron chi connectivity index (χ4n) is 2.08. The highest BCUT2D eigenvalue weighted by Gasteiger charge is 2.08. The Kier molecular flexibility index (Phi) is 6.91. The van der Waals surface area contributed by atoms with Crippen molar-refractivity contribution >= 4 is 11.8 Å². The maximum absolute atomic E-state index is 12.1. The molecule has 0 unspecified atom stereocenters. The van der Waals surface area contributed by atoms with Crippen LogP contribution in [-0.4, -0.2) is 37.1 Å². The Labute approximate surface area is 141 Å². The molecule has 2 rings (SSSR count). The number of hydrogen-bond donors (Lipinski definition) is 2. The molecule has 0 radical (unpaired) electrons. The molecule has 6 nitrogen and oxygen atoms in total. The average Bonchev–Trinajstić information content (AvgIpc) is 2.64. The van der Waals surface area contributed by atoms with Crippen LogP contribution in [0.3, 0.4) is 0 Å². The van der Waals surface area contributed by atoms with E-state index in [0.717, 1.165) is 12.0 Å². The zero-order chi connectivity index (χ0) is 17.2. The number of hydrogen-bond acceptors (Lipinski definition) is 4. The molecule has 0 saturated carbocycles. The standard InChI is InChI=1S/C18H21N3O3/c1-24-11-3-10-20-17(22)15-5-7-16(8-6-15)18(23)21-13-14-4-2-9-19-12-14/h2,4-9,12H,3,10-11,13H2,1H3,(H,20,22)(H,21,23). The van der Waals surface area contributed by atoms with Crippen molar-refractivity contribution in [3.8, 4) is 0 Å². The molecular formula is C18H21N3O3. The summed E-state index contributed by atoms with van der Waals surface area (Å²) in [6, 6.07) is 10.3. The molecule has 2 aromatic rings. The number of pyridine rings is 1. The topological polar surface area (TPSA) is 80.3 Å². The summed E-state index contributed by atoms with van der Waals surface area (Å²) in [6.45, 7) is 1.57. The van der Waals surface area contributed by atoms with Crippen LogP contribution in [0.1, 0.15) is 32.7 Å². The summed E-state index contributed by atoms with van der Waals surface area (Å²) >= 11 is 0. The van der Waals surface area contributed by atoms with Gasteiger partial charge in [0.2, 0.25) is 0 Å². The van der Waals surface area contributed by atoms with Gasteiger partial charge in [0.1, 0.15) is 0 Å². The fraction of sp³-hybridized carbons (Fsp3) is 0.278. The highest BCUT2D eigenvalue weighted by atomic mass is 16.5. The molecule has 0 aliphatic rings. The summed E-state index contributed by atoms with van der Waals surface area (Å²) < 4.78 is 4.93. The van der Waals surface area contributed by atoms with Gasteiger partial charge in [-0.05, 0) is 42.3 Å². The number of carbonyl (C=O) groups excluding carboxylic acids is 2. The second kappa shape index (κ2) is 9.42. The Morgan fingerprint density at radius 1 is 1.04 bits per heavy atom. The Morgan fingerprint density at radius 2 is 1.71 bits per heavy atom. The highest BCUT2D eigenvalue weighted by Crippen LogP contribution is 2.05. The summed E-state index contributed by atoms with van der Waals surface area (Å²) in [6.07, 6.45) is 4.15. The lowest BCUT2D eigenvalue weighted by Crippen LogP contribution is -2.26. The molecule has 126 valence electrons. The zero-order valence-corrected chi connectivity index (χ0v) is 13.6. The SMILES string of the molecule is COCCCNC(=O)c1ccc(C(=O)NCc2cccnc2)cc1. The van der Waals surface area contributed by atoms with Crippen molar-refractivity contribution in [3.63, 3.8) is 0 Å². The number of nitrogens with one attached hydrogen (secondary N) is 2. The first-order chi connectivity index (χ1) is 11.7. The first-order valence-corrected chi connectivity index (χ1v) is 7.75. The van der Waals surface area contributed by atoms with Gasteiger partial charge >= 0.3 is 0 Å². The van der Waals surface area contributed by atoms with Crippen LogP contribution in [0.25, 0.3) is 0 Å². The second-order valence-electron chi connectivity index (χ2n) is 5.22. The molecule has 0 spiro atoms. The molecule has 0 bridgehead atoms. The van der Waals surface area contributed by atoms with E-state index in [2.05, 4.69) is 15.6 Å². The van der Waals surface area contributed by atoms with Gasteiger partial charge in [-0.2, -0.15) is 0 Å². The highest BCUT2D eigenvalue weighted by molar-refractivity contribution is 5.97. The summed E-state index contributed by atoms with van der Waals surface area (Å²) in [7, 11) is 1.62. The Morgan fingerprint density at radius 3 is 2.29 bits per heavy atom. The minimum Gasteiger partial charge on any atom is -0.385 e. The van der Waals surface area contributed by atoms with E-state index in [1.165, 1.54) is 0 Å². The number of carbonyl (C=O) groups is 2. The van der Waals surface area contributed by atoms with E-state index in [9.17, 15) is 9.59 Å². The third-order valence-corrected chi connectivity index (χ3v) is 3.40. The third-order valence-electron chi connectivity index (χ3n) is 3.40. The number of amides is 2. The molecule has 1 heterocycles. The Balaban J connectivity index is 1.84. The largest absolute Gasteiger partial charge is 0.385 e. The maximum Gasteiger partial charge on any atom is 0.251 e. The van der Waals surface area contributed by atoms with Crippen molar-refractivity contribution in [3.05, 3.63) is 65.5 Å². The molecule has 0 atom stereocenters. The van der Waals surface area contributed by atoms with Gasteiger partial charge in [0.15, 0.2) is 0 Å². The van der Waals surface area contributed by atoms with Gasteiger partial charge < -0.3 is 15.4 Å². The number of rotatable bonds is 8. The van der Waals surface area contributed by atoms with E-state index < -0.39 is 0 Å². The van der Waals surface area contributed by atoms with E-state index in [1.807, 2.05) is 12.1 Å². The Bertz CT molecular complexity index is 657. The fourth-order valence-corrected chi connectivity index (χ4v) is 2.08. The van der Waals surface area contributed by atoms with Crippen molar-refractivity contribution in [2.75, 3.05) is 20.3 Å². The van der Waals surface area contributed by atoms with Crippen LogP contribution in [0.15, 0.2) is 48.8 Å². The summed E-state index contributed by atoms with van der Waals surface area (Å²) in [5.74, 6) is -0.348. The van der Waals surface area contributed by atoms with Crippen LogP contribution >= 0.6 is 0 Å². The van der Waals surface area contributed by atoms with Gasteiger partial charge in [-0.25, -0.2) is 0 Å². The lowest BCUT2D eigenvalue weighted by Gasteiger charge is -2.07. The van der Waals surface area contributed by atoms with Crippen LogP contribution in [-0.2, 0) is 11.3 Å². The molecule has 6 heteroatoms. The first-order valence-electron chi connectivity index (χ1n) is 7.75. The molecule has 0 saturated heterocycles. The zero-order valence-electron chi connectivity index (χ0n) is 13.6. The summed E-state index contributed by atoms with van der Waals surface area (Å²) in [4.78, 5) is 28.0. The van der Waals surface area contributed by atoms with Crippen LogP contribution in [0.5, 0.6) is 0 Å². The monoisotopic (exact) mass is 327 g/mol. The smallest absolute Gasteiger partial charge is 0.251 e. The lowest BCUT2D eigenvalue weighted by atomic mass is 10.1. The predicted molar refractivity (Wildman–Crippen MR) is 90.7 cm³/mol. The van der Waals surface area contributed by atoms with Gasteiger partial charge in [-0.1, -0.05) is 6.07 Å². The molecule has 2 N–H and O–H groups in total. The van der Waals surface area contributed by atoms with E-state index in [-0.39, 0.29) is 11.8 Å². The average molecular weight is 327 g/mol. The quantitative estimate of drug-likeness (QED) is 0.724. The van der Waals surface area contributed by atoms with Crippen LogP contribution in [0, 0.1) is 0 Å². The molecule has 0 fully saturated rings. The lowest BCUT2D eigenvalue weighted by molar-refractivity contribution is 0.0937. The molecule has 1 aromatic heterocycles. The molecule has 0 aliphatic carbocycles. The number of aromatic nitrogens is 1. The van der Waals surface area contributed by atoms with Crippen molar-refractivity contribution < 1.29 is 14.3 Å². The summed E-state index contributed by atoms with van der Waals surface area (Å²) in [5.41, 5.74) is 1.96. The molecule has 24 heavy (non-hydrogen) atoms. The van der Waals surface area contributed by atoms with Crippen molar-refractivity contribution in [2.24, 2.45) is 0 Å². The molecule has 0 aliphatic heterocycles. The first kappa shape index (κ1) is 17.6. The van der Waals surface area contributed by atoms with Crippen LogP contribution in [0.2, 0.25) is 0 Å². The van der Waals surface area contributed by atoms with Gasteiger partial charge in [0, 0.05) is 50.3 Å². The number of benzene rings is 1. The van der Waals surface area contributed by atoms with Gasteiger partial charge in [-0.15, -0.1) is 0 Å². The number of nitrogens with zero attached hydrogens (tertiary/aromatic N) is 1. The van der Waals surface area contributed by atoms with Crippen molar-refractivity contribution in [1.82, 2.24) is 15.6 Å². The van der Waals surface area contributed by atoms with Gasteiger partial charge in [0.05, 0.1) is 0 Å². The second-order valence-corrected chi connectivity index (χ2v) is 5.22. The van der Waals surface area contributed by atoms with E-state index >= 15 is 0 Å². The van der Waals surface area contributed by atoms with Crippen molar-refractivity contribution in [2.45, 2.75) is 13.0 Å². The van der Waals surface area contributed by atoms with Crippen LogP contribution in [0.4, 0.5) is 0 Å². The number of ether oxygens (including phenoxy) is 1. The van der Waals surface area contributed by atoms with Gasteiger partial charge in [-0.3, -0.25) is 14.6 Å². The number of methoxy groups -OCH3 is 1. The molecular weight excluding hydrogens is 306 g/mol. The maximum atomic E-state index is 12.1. The summed E-state index contributed by atoms with van der Waals surface area (Å²) in [5, 5.41) is 5.62.